The molecular weight excluding hydrogens is 228 g/mol. The van der Waals surface area contributed by atoms with Crippen molar-refractivity contribution in [3.63, 3.8) is 0 Å². The second-order valence-corrected chi connectivity index (χ2v) is 5.14. The molecule has 1 aliphatic heterocycles. The van der Waals surface area contributed by atoms with Gasteiger partial charge in [-0.1, -0.05) is 6.92 Å². The van der Waals surface area contributed by atoms with Crippen molar-refractivity contribution in [3.05, 3.63) is 22.7 Å². The van der Waals surface area contributed by atoms with Crippen LogP contribution in [-0.4, -0.2) is 40.6 Å². The lowest BCUT2D eigenvalue weighted by molar-refractivity contribution is 0.199. The second-order valence-electron chi connectivity index (χ2n) is 5.14. The number of nitrogens with one attached hydrogen (secondary N) is 1. The third kappa shape index (κ3) is 3.32. The summed E-state index contributed by atoms with van der Waals surface area (Å²) >= 11 is 0. The Kier molecular flexibility index (Phi) is 4.36. The number of aryl methyl sites for hydroxylation is 1. The molecule has 1 fully saturated rings. The van der Waals surface area contributed by atoms with Crippen LogP contribution in [0.15, 0.2) is 17.2 Å². The van der Waals surface area contributed by atoms with E-state index in [4.69, 9.17) is 0 Å². The molecular formula is C13H22N4O. The predicted molar refractivity (Wildman–Crippen MR) is 72.8 cm³/mol. The molecule has 0 bridgehead atoms. The lowest BCUT2D eigenvalue weighted by atomic mass is 9.99. The highest BCUT2D eigenvalue weighted by Gasteiger charge is 2.14. The van der Waals surface area contributed by atoms with E-state index < -0.39 is 0 Å². The molecule has 18 heavy (non-hydrogen) atoms. The molecule has 100 valence electrons. The van der Waals surface area contributed by atoms with Gasteiger partial charge in [-0.25, -0.2) is 4.98 Å². The monoisotopic (exact) mass is 250 g/mol. The zero-order valence-corrected chi connectivity index (χ0v) is 11.2. The molecule has 1 N–H and O–H groups in total. The van der Waals surface area contributed by atoms with E-state index in [-0.39, 0.29) is 5.56 Å². The van der Waals surface area contributed by atoms with Crippen LogP contribution in [0.5, 0.6) is 0 Å². The maximum atomic E-state index is 11.7. The summed E-state index contributed by atoms with van der Waals surface area (Å²) in [5, 5.41) is 3.13. The first kappa shape index (κ1) is 13.1. The molecule has 0 aromatic carbocycles. The third-order valence-electron chi connectivity index (χ3n) is 3.61. The van der Waals surface area contributed by atoms with Gasteiger partial charge in [0.05, 0.1) is 0 Å². The SMILES string of the molecule is CC1CCN(CCNc2nccn(C)c2=O)CC1. The molecule has 0 saturated carbocycles. The fraction of sp³-hybridized carbons (Fsp3) is 0.692. The molecule has 5 heteroatoms. The number of piperidine rings is 1. The Hall–Kier alpha value is -1.36. The average molecular weight is 250 g/mol. The van der Waals surface area contributed by atoms with Crippen molar-refractivity contribution >= 4 is 5.82 Å². The molecule has 1 saturated heterocycles. The largest absolute Gasteiger partial charge is 0.364 e. The van der Waals surface area contributed by atoms with Crippen molar-refractivity contribution in [2.24, 2.45) is 13.0 Å². The Morgan fingerprint density at radius 1 is 1.44 bits per heavy atom. The van der Waals surface area contributed by atoms with Crippen LogP contribution in [0.1, 0.15) is 19.8 Å². The summed E-state index contributed by atoms with van der Waals surface area (Å²) in [5.74, 6) is 1.31. The first-order chi connectivity index (χ1) is 8.66. The minimum absolute atomic E-state index is 0.0650. The number of anilines is 1. The minimum atomic E-state index is -0.0650. The normalized spacial score (nSPS) is 17.9. The van der Waals surface area contributed by atoms with Gasteiger partial charge in [0.15, 0.2) is 5.82 Å². The molecule has 0 spiro atoms. The van der Waals surface area contributed by atoms with Crippen LogP contribution in [-0.2, 0) is 7.05 Å². The van der Waals surface area contributed by atoms with E-state index in [1.165, 1.54) is 30.5 Å². The van der Waals surface area contributed by atoms with E-state index in [1.54, 1.807) is 19.4 Å². The molecule has 0 unspecified atom stereocenters. The molecule has 2 rings (SSSR count). The van der Waals surface area contributed by atoms with E-state index >= 15 is 0 Å². The van der Waals surface area contributed by atoms with E-state index in [0.29, 0.717) is 5.82 Å². The highest BCUT2D eigenvalue weighted by Crippen LogP contribution is 2.15. The summed E-state index contributed by atoms with van der Waals surface area (Å²) in [7, 11) is 1.74. The van der Waals surface area contributed by atoms with Gasteiger partial charge in [0.2, 0.25) is 0 Å². The van der Waals surface area contributed by atoms with Gasteiger partial charge >= 0.3 is 0 Å². The number of nitrogens with zero attached hydrogens (tertiary/aromatic N) is 3. The second kappa shape index (κ2) is 6.00. The molecule has 5 nitrogen and oxygen atoms in total. The summed E-state index contributed by atoms with van der Waals surface area (Å²) in [6.07, 6.45) is 5.88. The maximum absolute atomic E-state index is 11.7. The number of hydrogen-bond donors (Lipinski definition) is 1. The minimum Gasteiger partial charge on any atom is -0.364 e. The van der Waals surface area contributed by atoms with Crippen LogP contribution < -0.4 is 10.9 Å². The van der Waals surface area contributed by atoms with Crippen molar-refractivity contribution in [1.29, 1.82) is 0 Å². The van der Waals surface area contributed by atoms with Crippen molar-refractivity contribution in [3.8, 4) is 0 Å². The van der Waals surface area contributed by atoms with Gasteiger partial charge in [0.1, 0.15) is 0 Å². The first-order valence-corrected chi connectivity index (χ1v) is 6.64. The maximum Gasteiger partial charge on any atom is 0.293 e. The van der Waals surface area contributed by atoms with E-state index in [9.17, 15) is 4.79 Å². The third-order valence-corrected chi connectivity index (χ3v) is 3.61. The average Bonchev–Trinajstić information content (AvgIpc) is 2.37. The Bertz CT molecular complexity index is 435. The smallest absolute Gasteiger partial charge is 0.293 e. The van der Waals surface area contributed by atoms with Crippen LogP contribution in [0.4, 0.5) is 5.82 Å². The number of hydrogen-bond acceptors (Lipinski definition) is 4. The van der Waals surface area contributed by atoms with Crippen molar-refractivity contribution in [1.82, 2.24) is 14.5 Å². The number of aromatic nitrogens is 2. The van der Waals surface area contributed by atoms with Gasteiger partial charge in [0.25, 0.3) is 5.56 Å². The zero-order valence-electron chi connectivity index (χ0n) is 11.2. The fourth-order valence-corrected chi connectivity index (χ4v) is 2.24. The van der Waals surface area contributed by atoms with Gasteiger partial charge in [-0.3, -0.25) is 4.79 Å². The van der Waals surface area contributed by atoms with E-state index in [0.717, 1.165) is 19.0 Å². The summed E-state index contributed by atoms with van der Waals surface area (Å²) in [5.41, 5.74) is -0.0650. The van der Waals surface area contributed by atoms with Crippen molar-refractivity contribution < 1.29 is 0 Å². The molecule has 0 aliphatic carbocycles. The lowest BCUT2D eigenvalue weighted by Crippen LogP contribution is -2.36. The van der Waals surface area contributed by atoms with Crippen LogP contribution in [0.3, 0.4) is 0 Å². The molecule has 1 aromatic heterocycles. The Morgan fingerprint density at radius 2 is 2.17 bits per heavy atom. The van der Waals surface area contributed by atoms with Gasteiger partial charge in [-0.05, 0) is 31.8 Å². The van der Waals surface area contributed by atoms with E-state index in [2.05, 4.69) is 22.1 Å². The van der Waals surface area contributed by atoms with Gasteiger partial charge < -0.3 is 14.8 Å². The summed E-state index contributed by atoms with van der Waals surface area (Å²) in [6, 6.07) is 0. The van der Waals surface area contributed by atoms with Crippen LogP contribution in [0.2, 0.25) is 0 Å². The van der Waals surface area contributed by atoms with Gasteiger partial charge in [-0.15, -0.1) is 0 Å². The quantitative estimate of drug-likeness (QED) is 0.863. The summed E-state index contributed by atoms with van der Waals surface area (Å²) < 4.78 is 1.54. The zero-order chi connectivity index (χ0) is 13.0. The summed E-state index contributed by atoms with van der Waals surface area (Å²) in [4.78, 5) is 18.2. The molecule has 1 aliphatic rings. The summed E-state index contributed by atoms with van der Waals surface area (Å²) in [6.45, 7) is 6.41. The Morgan fingerprint density at radius 3 is 2.89 bits per heavy atom. The fourth-order valence-electron chi connectivity index (χ4n) is 2.24. The first-order valence-electron chi connectivity index (χ1n) is 6.64. The van der Waals surface area contributed by atoms with Crippen LogP contribution >= 0.6 is 0 Å². The van der Waals surface area contributed by atoms with Crippen LogP contribution in [0.25, 0.3) is 0 Å². The highest BCUT2D eigenvalue weighted by atomic mass is 16.1. The number of rotatable bonds is 4. The van der Waals surface area contributed by atoms with Crippen molar-refractivity contribution in [2.75, 3.05) is 31.5 Å². The van der Waals surface area contributed by atoms with Crippen LogP contribution in [0, 0.1) is 5.92 Å². The molecule has 1 aromatic rings. The molecule has 0 atom stereocenters. The Labute approximate surface area is 108 Å². The van der Waals surface area contributed by atoms with Gasteiger partial charge in [-0.2, -0.15) is 0 Å². The predicted octanol–water partition coefficient (Wildman–Crippen LogP) is 0.924. The van der Waals surface area contributed by atoms with Gasteiger partial charge in [0, 0.05) is 32.5 Å². The van der Waals surface area contributed by atoms with E-state index in [1.807, 2.05) is 0 Å². The van der Waals surface area contributed by atoms with Crippen molar-refractivity contribution in [2.45, 2.75) is 19.8 Å². The topological polar surface area (TPSA) is 50.2 Å². The molecule has 2 heterocycles. The molecule has 0 amide bonds. The standard InChI is InChI=1S/C13H22N4O/c1-11-3-7-17(8-4-11)10-6-15-12-13(18)16(2)9-5-14-12/h5,9,11H,3-4,6-8,10H2,1-2H3,(H,14,15). The highest BCUT2D eigenvalue weighted by molar-refractivity contribution is 5.30. The Balaban J connectivity index is 1.78. The number of likely N-dealkylation sites (tertiary alicyclic amines) is 1. The molecule has 0 radical (unpaired) electrons. The lowest BCUT2D eigenvalue weighted by Gasteiger charge is -2.30.